The zero-order valence-corrected chi connectivity index (χ0v) is 19.9. The number of ketones is 1. The Hall–Kier alpha value is -3.11. The number of imidazole rings is 1. The van der Waals surface area contributed by atoms with Gasteiger partial charge in [-0.3, -0.25) is 9.36 Å². The van der Waals surface area contributed by atoms with E-state index in [1.807, 2.05) is 36.6 Å². The lowest BCUT2D eigenvalue weighted by Crippen LogP contribution is -2.40. The van der Waals surface area contributed by atoms with Gasteiger partial charge in [0, 0.05) is 39.0 Å². The molecule has 0 N–H and O–H groups in total. The molecule has 0 atom stereocenters. The molecule has 3 aromatic rings. The van der Waals surface area contributed by atoms with E-state index in [9.17, 15) is 4.79 Å². The first kappa shape index (κ1) is 22.7. The number of ether oxygens (including phenoxy) is 2. The molecule has 1 aromatic carbocycles. The van der Waals surface area contributed by atoms with Crippen LogP contribution >= 0.6 is 0 Å². The number of aromatic nitrogens is 5. The Morgan fingerprint density at radius 2 is 1.47 bits per heavy atom. The average molecular weight is 466 g/mol. The number of anilines is 2. The highest BCUT2D eigenvalue weighted by molar-refractivity contribution is 5.88. The first-order valence-electron chi connectivity index (χ1n) is 12.0. The molecule has 0 aliphatic carbocycles. The number of morpholine rings is 2. The lowest BCUT2D eigenvalue weighted by Gasteiger charge is -2.30. The largest absolute Gasteiger partial charge is 0.378 e. The van der Waals surface area contributed by atoms with Gasteiger partial charge in [-0.15, -0.1) is 0 Å². The Morgan fingerprint density at radius 1 is 0.882 bits per heavy atom. The maximum Gasteiger partial charge on any atom is 0.242 e. The van der Waals surface area contributed by atoms with E-state index in [4.69, 9.17) is 29.4 Å². The van der Waals surface area contributed by atoms with Crippen LogP contribution in [0.3, 0.4) is 0 Å². The fourth-order valence-electron chi connectivity index (χ4n) is 4.50. The second-order valence-corrected chi connectivity index (χ2v) is 8.68. The number of carbonyl (C=O) groups excluding carboxylic acids is 1. The summed E-state index contributed by atoms with van der Waals surface area (Å²) in [7, 11) is 0. The number of aryl methyl sites for hydroxylation is 1. The predicted molar refractivity (Wildman–Crippen MR) is 129 cm³/mol. The minimum atomic E-state index is 0.228. The minimum Gasteiger partial charge on any atom is -0.378 e. The molecule has 5 rings (SSSR count). The van der Waals surface area contributed by atoms with Crippen molar-refractivity contribution in [3.8, 4) is 5.95 Å². The van der Waals surface area contributed by atoms with Crippen LogP contribution in [0.4, 0.5) is 11.9 Å². The van der Waals surface area contributed by atoms with Gasteiger partial charge in [0.1, 0.15) is 11.6 Å². The summed E-state index contributed by atoms with van der Waals surface area (Å²) in [6.07, 6.45) is 1.81. The first-order valence-corrected chi connectivity index (χ1v) is 12.0. The van der Waals surface area contributed by atoms with Gasteiger partial charge in [-0.05, 0) is 25.0 Å². The highest BCUT2D eigenvalue weighted by Crippen LogP contribution is 2.26. The number of Topliss-reactive ketones (excluding diaryl/α,β-unsaturated/α-hetero) is 1. The number of hydrogen-bond donors (Lipinski definition) is 0. The van der Waals surface area contributed by atoms with Gasteiger partial charge in [-0.25, -0.2) is 4.98 Å². The summed E-state index contributed by atoms with van der Waals surface area (Å²) in [5.74, 6) is 2.83. The monoisotopic (exact) mass is 465 g/mol. The smallest absolute Gasteiger partial charge is 0.242 e. The molecule has 0 bridgehead atoms. The molecular formula is C24H31N7O3. The van der Waals surface area contributed by atoms with Gasteiger partial charge in [-0.2, -0.15) is 15.0 Å². The van der Waals surface area contributed by atoms with Gasteiger partial charge in [0.15, 0.2) is 0 Å². The molecule has 0 radical (unpaired) electrons. The van der Waals surface area contributed by atoms with E-state index in [1.165, 1.54) is 0 Å². The van der Waals surface area contributed by atoms with Crippen molar-refractivity contribution in [1.82, 2.24) is 24.5 Å². The Balaban J connectivity index is 1.60. The third kappa shape index (κ3) is 4.60. The summed E-state index contributed by atoms with van der Waals surface area (Å²) in [5.41, 5.74) is 2.66. The Bertz CT molecular complexity index is 1130. The van der Waals surface area contributed by atoms with Crippen LogP contribution in [-0.2, 0) is 20.7 Å². The molecule has 0 unspecified atom stereocenters. The van der Waals surface area contributed by atoms with Crippen LogP contribution in [0.15, 0.2) is 18.2 Å². The third-order valence-electron chi connectivity index (χ3n) is 6.24. The summed E-state index contributed by atoms with van der Waals surface area (Å²) in [6, 6.07) is 5.97. The van der Waals surface area contributed by atoms with Crippen LogP contribution in [0, 0.1) is 6.92 Å². The van der Waals surface area contributed by atoms with Crippen molar-refractivity contribution >= 4 is 28.7 Å². The molecule has 2 fully saturated rings. The fraction of sp³-hybridized carbons (Fsp3) is 0.542. The summed E-state index contributed by atoms with van der Waals surface area (Å²) in [4.78, 5) is 36.0. The molecule has 10 nitrogen and oxygen atoms in total. The van der Waals surface area contributed by atoms with Crippen LogP contribution in [0.2, 0.25) is 0 Å². The molecule has 4 heterocycles. The van der Waals surface area contributed by atoms with Crippen molar-refractivity contribution in [3.05, 3.63) is 29.6 Å². The minimum absolute atomic E-state index is 0.228. The van der Waals surface area contributed by atoms with Gasteiger partial charge in [0.05, 0.1) is 37.5 Å². The van der Waals surface area contributed by atoms with Gasteiger partial charge in [0.2, 0.25) is 17.8 Å². The van der Waals surface area contributed by atoms with E-state index in [0.717, 1.165) is 55.0 Å². The summed E-state index contributed by atoms with van der Waals surface area (Å²) in [6.45, 7) is 9.51. The van der Waals surface area contributed by atoms with E-state index in [-0.39, 0.29) is 5.78 Å². The van der Waals surface area contributed by atoms with E-state index in [1.54, 1.807) is 0 Å². The maximum absolute atomic E-state index is 12.4. The summed E-state index contributed by atoms with van der Waals surface area (Å²) < 4.78 is 13.0. The van der Waals surface area contributed by atoms with Gasteiger partial charge in [-0.1, -0.05) is 19.1 Å². The second-order valence-electron chi connectivity index (χ2n) is 8.68. The first-order chi connectivity index (χ1) is 16.6. The number of carbonyl (C=O) groups is 1. The molecule has 180 valence electrons. The van der Waals surface area contributed by atoms with Gasteiger partial charge >= 0.3 is 0 Å². The number of benzene rings is 1. The van der Waals surface area contributed by atoms with Crippen molar-refractivity contribution in [2.75, 3.05) is 62.4 Å². The van der Waals surface area contributed by atoms with E-state index < -0.39 is 0 Å². The lowest BCUT2D eigenvalue weighted by atomic mass is 10.0. The Morgan fingerprint density at radius 3 is 2.06 bits per heavy atom. The highest BCUT2D eigenvalue weighted by Gasteiger charge is 2.23. The quantitative estimate of drug-likeness (QED) is 0.519. The molecule has 2 aliphatic heterocycles. The Kier molecular flexibility index (Phi) is 6.68. The summed E-state index contributed by atoms with van der Waals surface area (Å²) >= 11 is 0. The lowest BCUT2D eigenvalue weighted by molar-refractivity contribution is -0.118. The van der Waals surface area contributed by atoms with Gasteiger partial charge in [0.25, 0.3) is 0 Å². The molecule has 10 heteroatoms. The zero-order valence-electron chi connectivity index (χ0n) is 19.9. The fourth-order valence-corrected chi connectivity index (χ4v) is 4.50. The maximum atomic E-state index is 12.4. The molecule has 0 amide bonds. The standard InChI is InChI=1S/C24H31N7O3/c1-3-5-19(32)16-18-6-4-7-20-21(18)25-17(2)31(20)24-27-22(29-8-12-33-13-9-29)26-23(28-24)30-10-14-34-15-11-30/h4,6-7H,3,5,8-16H2,1-2H3. The normalized spacial score (nSPS) is 16.9. The summed E-state index contributed by atoms with van der Waals surface area (Å²) in [5, 5.41) is 0. The molecule has 0 saturated carbocycles. The number of rotatable bonds is 7. The number of para-hydroxylation sites is 1. The van der Waals surface area contributed by atoms with Crippen LogP contribution in [0.1, 0.15) is 31.2 Å². The molecule has 34 heavy (non-hydrogen) atoms. The van der Waals surface area contributed by atoms with Crippen LogP contribution in [-0.4, -0.2) is 82.9 Å². The molecule has 2 saturated heterocycles. The predicted octanol–water partition coefficient (Wildman–Crippen LogP) is 2.10. The zero-order chi connectivity index (χ0) is 23.5. The number of fused-ring (bicyclic) bond motifs is 1. The second kappa shape index (κ2) is 10.0. The van der Waals surface area contributed by atoms with E-state index in [2.05, 4.69) is 9.80 Å². The van der Waals surface area contributed by atoms with Crippen LogP contribution in [0.25, 0.3) is 17.0 Å². The van der Waals surface area contributed by atoms with Crippen molar-refractivity contribution < 1.29 is 14.3 Å². The third-order valence-corrected chi connectivity index (χ3v) is 6.24. The van der Waals surface area contributed by atoms with E-state index in [0.29, 0.717) is 57.1 Å². The van der Waals surface area contributed by atoms with Crippen molar-refractivity contribution in [2.24, 2.45) is 0 Å². The topological polar surface area (TPSA) is 98.5 Å². The van der Waals surface area contributed by atoms with Gasteiger partial charge < -0.3 is 19.3 Å². The Labute approximate surface area is 198 Å². The van der Waals surface area contributed by atoms with Crippen molar-refractivity contribution in [3.63, 3.8) is 0 Å². The SMILES string of the molecule is CCCC(=O)Cc1cccc2c1nc(C)n2-c1nc(N2CCOCC2)nc(N2CCOCC2)n1. The molecule has 0 spiro atoms. The van der Waals surface area contributed by atoms with E-state index >= 15 is 0 Å². The molecule has 2 aliphatic rings. The van der Waals surface area contributed by atoms with Crippen molar-refractivity contribution in [1.29, 1.82) is 0 Å². The molecular weight excluding hydrogens is 434 g/mol. The van der Waals surface area contributed by atoms with Crippen molar-refractivity contribution in [2.45, 2.75) is 33.1 Å². The highest BCUT2D eigenvalue weighted by atomic mass is 16.5. The van der Waals surface area contributed by atoms with Crippen LogP contribution < -0.4 is 9.80 Å². The average Bonchev–Trinajstić information content (AvgIpc) is 3.22. The molecule has 2 aromatic heterocycles. The number of nitrogens with zero attached hydrogens (tertiary/aromatic N) is 7. The number of hydrogen-bond acceptors (Lipinski definition) is 9. The van der Waals surface area contributed by atoms with Crippen LogP contribution in [0.5, 0.6) is 0 Å².